The Hall–Kier alpha value is -0.580. The molecule has 106 valence electrons. The molecule has 0 atom stereocenters. The number of halogens is 1. The van der Waals surface area contributed by atoms with Gasteiger partial charge in [-0.05, 0) is 59.2 Å². The maximum absolute atomic E-state index is 11.2. The zero-order valence-corrected chi connectivity index (χ0v) is 14.1. The topological polar surface area (TPSA) is 29.1 Å². The van der Waals surface area contributed by atoms with Gasteiger partial charge in [0.05, 0.1) is 0 Å². The third kappa shape index (κ3) is 6.95. The van der Waals surface area contributed by atoms with Gasteiger partial charge in [-0.2, -0.15) is 0 Å². The van der Waals surface area contributed by atoms with E-state index in [-0.39, 0.29) is 5.91 Å². The largest absolute Gasteiger partial charge is 0.326 e. The Labute approximate surface area is 130 Å². The quantitative estimate of drug-likeness (QED) is 0.495. The number of anilines is 1. The van der Waals surface area contributed by atoms with E-state index in [1.165, 1.54) is 47.7 Å². The highest BCUT2D eigenvalue weighted by Gasteiger charge is 2.04. The summed E-state index contributed by atoms with van der Waals surface area (Å²) < 4.78 is 1.23. The Morgan fingerprint density at radius 3 is 2.53 bits per heavy atom. The number of hydrogen-bond donors (Lipinski definition) is 1. The summed E-state index contributed by atoms with van der Waals surface area (Å²) in [6.45, 7) is 3.80. The van der Waals surface area contributed by atoms with Crippen LogP contribution in [0.25, 0.3) is 0 Å². The molecule has 0 saturated carbocycles. The van der Waals surface area contributed by atoms with Crippen molar-refractivity contribution >= 4 is 34.2 Å². The third-order valence-corrected chi connectivity index (χ3v) is 3.85. The van der Waals surface area contributed by atoms with Crippen molar-refractivity contribution in [1.82, 2.24) is 0 Å². The van der Waals surface area contributed by atoms with Gasteiger partial charge in [0.15, 0.2) is 0 Å². The first-order valence-electron chi connectivity index (χ1n) is 7.19. The Balaban J connectivity index is 2.46. The molecule has 0 aliphatic heterocycles. The SMILES string of the molecule is CCCCCCCCc1cc(I)ccc1NC(C)=O. The second-order valence-corrected chi connectivity index (χ2v) is 6.25. The smallest absolute Gasteiger partial charge is 0.221 e. The zero-order valence-electron chi connectivity index (χ0n) is 12.0. The first-order valence-corrected chi connectivity index (χ1v) is 8.27. The van der Waals surface area contributed by atoms with E-state index < -0.39 is 0 Å². The van der Waals surface area contributed by atoms with Crippen molar-refractivity contribution in [2.24, 2.45) is 0 Å². The van der Waals surface area contributed by atoms with E-state index in [4.69, 9.17) is 0 Å². The van der Waals surface area contributed by atoms with Crippen LogP contribution in [0.15, 0.2) is 18.2 Å². The predicted molar refractivity (Wildman–Crippen MR) is 90.5 cm³/mol. The van der Waals surface area contributed by atoms with Crippen molar-refractivity contribution in [2.45, 2.75) is 58.8 Å². The van der Waals surface area contributed by atoms with Crippen LogP contribution in [-0.4, -0.2) is 5.91 Å². The summed E-state index contributed by atoms with van der Waals surface area (Å²) in [7, 11) is 0. The molecule has 0 aliphatic carbocycles. The van der Waals surface area contributed by atoms with E-state index in [0.29, 0.717) is 0 Å². The molecular formula is C16H24INO. The van der Waals surface area contributed by atoms with Crippen LogP contribution in [0, 0.1) is 3.57 Å². The number of rotatable bonds is 8. The molecule has 0 aromatic heterocycles. The lowest BCUT2D eigenvalue weighted by Gasteiger charge is -2.10. The fourth-order valence-electron chi connectivity index (χ4n) is 2.18. The third-order valence-electron chi connectivity index (χ3n) is 3.18. The molecule has 0 saturated heterocycles. The fraction of sp³-hybridized carbons (Fsp3) is 0.562. The average Bonchev–Trinajstić information content (AvgIpc) is 2.36. The maximum atomic E-state index is 11.2. The molecule has 1 aromatic rings. The lowest BCUT2D eigenvalue weighted by Crippen LogP contribution is -2.08. The number of carbonyl (C=O) groups is 1. The van der Waals surface area contributed by atoms with Crippen LogP contribution in [0.1, 0.15) is 57.9 Å². The Kier molecular flexibility index (Phi) is 8.10. The van der Waals surface area contributed by atoms with Crippen LogP contribution in [0.3, 0.4) is 0 Å². The second-order valence-electron chi connectivity index (χ2n) is 5.00. The summed E-state index contributed by atoms with van der Waals surface area (Å²) in [6, 6.07) is 6.23. The molecule has 0 radical (unpaired) electrons. The van der Waals surface area contributed by atoms with Crippen LogP contribution in [0.2, 0.25) is 0 Å². The first kappa shape index (κ1) is 16.5. The molecule has 1 amide bonds. The van der Waals surface area contributed by atoms with Crippen LogP contribution in [-0.2, 0) is 11.2 Å². The van der Waals surface area contributed by atoms with Gasteiger partial charge in [0, 0.05) is 16.2 Å². The van der Waals surface area contributed by atoms with Crippen molar-refractivity contribution in [3.8, 4) is 0 Å². The minimum Gasteiger partial charge on any atom is -0.326 e. The number of carbonyl (C=O) groups excluding carboxylic acids is 1. The molecule has 0 bridgehead atoms. The van der Waals surface area contributed by atoms with Crippen molar-refractivity contribution in [3.05, 3.63) is 27.3 Å². The lowest BCUT2D eigenvalue weighted by atomic mass is 10.0. The molecule has 0 heterocycles. The van der Waals surface area contributed by atoms with Crippen molar-refractivity contribution < 1.29 is 4.79 Å². The Bertz CT molecular complexity index is 404. The van der Waals surface area contributed by atoms with Gasteiger partial charge in [-0.25, -0.2) is 0 Å². The molecule has 1 aromatic carbocycles. The number of aryl methyl sites for hydroxylation is 1. The van der Waals surface area contributed by atoms with Crippen LogP contribution in [0.5, 0.6) is 0 Å². The highest BCUT2D eigenvalue weighted by molar-refractivity contribution is 14.1. The van der Waals surface area contributed by atoms with E-state index in [1.807, 2.05) is 12.1 Å². The monoisotopic (exact) mass is 373 g/mol. The summed E-state index contributed by atoms with van der Waals surface area (Å²) in [5, 5.41) is 2.92. The molecule has 1 N–H and O–H groups in total. The van der Waals surface area contributed by atoms with E-state index >= 15 is 0 Å². The van der Waals surface area contributed by atoms with E-state index in [9.17, 15) is 4.79 Å². The van der Waals surface area contributed by atoms with Gasteiger partial charge in [0.2, 0.25) is 5.91 Å². The normalized spacial score (nSPS) is 10.5. The van der Waals surface area contributed by atoms with E-state index in [1.54, 1.807) is 6.92 Å². The molecular weight excluding hydrogens is 349 g/mol. The average molecular weight is 373 g/mol. The number of nitrogens with one attached hydrogen (secondary N) is 1. The number of benzene rings is 1. The zero-order chi connectivity index (χ0) is 14.1. The summed E-state index contributed by atoms with van der Waals surface area (Å²) in [4.78, 5) is 11.2. The number of amides is 1. The molecule has 0 fully saturated rings. The van der Waals surface area contributed by atoms with Crippen molar-refractivity contribution in [3.63, 3.8) is 0 Å². The van der Waals surface area contributed by atoms with Crippen LogP contribution < -0.4 is 5.32 Å². The number of unbranched alkanes of at least 4 members (excludes halogenated alkanes) is 5. The van der Waals surface area contributed by atoms with Gasteiger partial charge in [0.25, 0.3) is 0 Å². The van der Waals surface area contributed by atoms with Gasteiger partial charge in [-0.15, -0.1) is 0 Å². The van der Waals surface area contributed by atoms with Crippen LogP contribution >= 0.6 is 22.6 Å². The maximum Gasteiger partial charge on any atom is 0.221 e. The highest BCUT2D eigenvalue weighted by atomic mass is 127. The fourth-order valence-corrected chi connectivity index (χ4v) is 2.73. The summed E-state index contributed by atoms with van der Waals surface area (Å²) in [5.74, 6) is 0.00500. The molecule has 0 unspecified atom stereocenters. The second kappa shape index (κ2) is 9.34. The van der Waals surface area contributed by atoms with Crippen molar-refractivity contribution in [2.75, 3.05) is 5.32 Å². The van der Waals surface area contributed by atoms with Gasteiger partial charge in [0.1, 0.15) is 0 Å². The first-order chi connectivity index (χ1) is 9.13. The highest BCUT2D eigenvalue weighted by Crippen LogP contribution is 2.21. The molecule has 0 aliphatic rings. The minimum atomic E-state index is 0.00500. The van der Waals surface area contributed by atoms with Crippen LogP contribution in [0.4, 0.5) is 5.69 Å². The lowest BCUT2D eigenvalue weighted by molar-refractivity contribution is -0.114. The molecule has 19 heavy (non-hydrogen) atoms. The Morgan fingerprint density at radius 2 is 1.84 bits per heavy atom. The minimum absolute atomic E-state index is 0.00500. The summed E-state index contributed by atoms with van der Waals surface area (Å²) in [6.07, 6.45) is 8.86. The van der Waals surface area contributed by atoms with Gasteiger partial charge in [-0.3, -0.25) is 4.79 Å². The van der Waals surface area contributed by atoms with Gasteiger partial charge in [-0.1, -0.05) is 39.0 Å². The van der Waals surface area contributed by atoms with Gasteiger partial charge >= 0.3 is 0 Å². The summed E-state index contributed by atoms with van der Waals surface area (Å²) >= 11 is 2.32. The molecule has 3 heteroatoms. The molecule has 2 nitrogen and oxygen atoms in total. The van der Waals surface area contributed by atoms with E-state index in [0.717, 1.165) is 12.1 Å². The van der Waals surface area contributed by atoms with Crippen molar-refractivity contribution in [1.29, 1.82) is 0 Å². The van der Waals surface area contributed by atoms with Gasteiger partial charge < -0.3 is 5.32 Å². The summed E-state index contributed by atoms with van der Waals surface area (Å²) in [5.41, 5.74) is 2.24. The Morgan fingerprint density at radius 1 is 1.16 bits per heavy atom. The molecule has 1 rings (SSSR count). The predicted octanol–water partition coefficient (Wildman–Crippen LogP) is 5.15. The molecule has 0 spiro atoms. The standard InChI is InChI=1S/C16H24INO/c1-3-4-5-6-7-8-9-14-12-15(17)10-11-16(14)18-13(2)19/h10-12H,3-9H2,1-2H3,(H,18,19). The number of hydrogen-bond acceptors (Lipinski definition) is 1. The van der Waals surface area contributed by atoms with E-state index in [2.05, 4.69) is 40.9 Å².